The van der Waals surface area contributed by atoms with Crippen LogP contribution in [0, 0.1) is 6.92 Å². The van der Waals surface area contributed by atoms with Crippen LogP contribution in [-0.2, 0) is 12.8 Å². The van der Waals surface area contributed by atoms with E-state index in [1.54, 1.807) is 0 Å². The topological polar surface area (TPSA) is 62.5 Å². The fraction of sp³-hybridized carbons (Fsp3) is 0.360. The van der Waals surface area contributed by atoms with E-state index in [0.29, 0.717) is 12.5 Å². The molecule has 0 N–H and O–H groups in total. The Bertz CT molecular complexity index is 1230. The van der Waals surface area contributed by atoms with Crippen LogP contribution in [0.5, 0.6) is 0 Å². The second-order valence-corrected chi connectivity index (χ2v) is 8.82. The zero-order valence-electron chi connectivity index (χ0n) is 18.9. The third kappa shape index (κ3) is 4.48. The van der Waals surface area contributed by atoms with Crippen molar-refractivity contribution in [3.8, 4) is 0 Å². The smallest absolute Gasteiger partial charge is 0.136 e. The van der Waals surface area contributed by atoms with Gasteiger partial charge in [0.2, 0.25) is 0 Å². The first-order valence-electron chi connectivity index (χ1n) is 11.2. The predicted octanol–water partition coefficient (Wildman–Crippen LogP) is 3.15. The third-order valence-corrected chi connectivity index (χ3v) is 6.25. The van der Waals surface area contributed by atoms with Gasteiger partial charge in [0.25, 0.3) is 0 Å². The second-order valence-electron chi connectivity index (χ2n) is 8.82. The number of aryl methyl sites for hydroxylation is 1. The third-order valence-electron chi connectivity index (χ3n) is 6.25. The second kappa shape index (κ2) is 8.67. The molecule has 0 aliphatic carbocycles. The molecule has 7 heteroatoms. The molecule has 4 aromatic rings. The first kappa shape index (κ1) is 20.6. The van der Waals surface area contributed by atoms with Crippen molar-refractivity contribution in [2.24, 2.45) is 0 Å². The minimum atomic E-state index is 0.493. The number of imidazole rings is 1. The van der Waals surface area contributed by atoms with E-state index in [-0.39, 0.29) is 0 Å². The molecule has 7 nitrogen and oxygen atoms in total. The van der Waals surface area contributed by atoms with Crippen molar-refractivity contribution < 1.29 is 0 Å². The molecule has 0 aromatic carbocycles. The number of hydrogen-bond donors (Lipinski definition) is 0. The maximum atomic E-state index is 4.96. The summed E-state index contributed by atoms with van der Waals surface area (Å²) in [7, 11) is 2.19. The maximum absolute atomic E-state index is 4.96. The number of anilines is 1. The highest BCUT2D eigenvalue weighted by molar-refractivity contribution is 5.45. The summed E-state index contributed by atoms with van der Waals surface area (Å²) < 4.78 is 2.02. The summed E-state index contributed by atoms with van der Waals surface area (Å²) in [6.45, 7) is 7.33. The first-order chi connectivity index (χ1) is 15.5. The number of rotatable bonds is 5. The van der Waals surface area contributed by atoms with E-state index >= 15 is 0 Å². The van der Waals surface area contributed by atoms with Gasteiger partial charge >= 0.3 is 0 Å². The summed E-state index contributed by atoms with van der Waals surface area (Å²) in [4.78, 5) is 23.6. The van der Waals surface area contributed by atoms with Crippen LogP contribution in [0.3, 0.4) is 0 Å². The summed E-state index contributed by atoms with van der Waals surface area (Å²) in [6.07, 6.45) is 9.07. The molecule has 5 heterocycles. The van der Waals surface area contributed by atoms with Crippen LogP contribution in [-0.4, -0.2) is 62.0 Å². The Morgan fingerprint density at radius 3 is 2.69 bits per heavy atom. The monoisotopic (exact) mass is 427 g/mol. The van der Waals surface area contributed by atoms with Gasteiger partial charge in [0.15, 0.2) is 0 Å². The van der Waals surface area contributed by atoms with Gasteiger partial charge in [-0.05, 0) is 56.3 Å². The number of fused-ring (bicyclic) bond motifs is 1. The molecular formula is C25H29N7. The highest BCUT2D eigenvalue weighted by atomic mass is 15.3. The van der Waals surface area contributed by atoms with Crippen LogP contribution in [0.1, 0.15) is 35.3 Å². The van der Waals surface area contributed by atoms with Gasteiger partial charge in [-0.15, -0.1) is 0 Å². The van der Waals surface area contributed by atoms with Crippen LogP contribution in [0.2, 0.25) is 0 Å². The quantitative estimate of drug-likeness (QED) is 0.488. The molecule has 4 aromatic heterocycles. The lowest BCUT2D eigenvalue weighted by Gasteiger charge is -2.38. The van der Waals surface area contributed by atoms with E-state index < -0.39 is 0 Å². The molecule has 0 spiro atoms. The Kier molecular flexibility index (Phi) is 5.57. The van der Waals surface area contributed by atoms with Gasteiger partial charge in [-0.2, -0.15) is 0 Å². The number of aromatic nitrogens is 5. The van der Waals surface area contributed by atoms with Gasteiger partial charge in [0.1, 0.15) is 17.3 Å². The molecule has 1 fully saturated rings. The molecule has 1 saturated heterocycles. The fourth-order valence-electron chi connectivity index (χ4n) is 4.25. The Labute approximate surface area is 188 Å². The zero-order valence-corrected chi connectivity index (χ0v) is 18.9. The van der Waals surface area contributed by atoms with E-state index in [0.717, 1.165) is 54.7 Å². The van der Waals surface area contributed by atoms with Gasteiger partial charge in [-0.25, -0.2) is 15.0 Å². The van der Waals surface area contributed by atoms with E-state index in [9.17, 15) is 0 Å². The van der Waals surface area contributed by atoms with Gasteiger partial charge in [0, 0.05) is 68.6 Å². The van der Waals surface area contributed by atoms with Crippen molar-refractivity contribution in [1.29, 1.82) is 0 Å². The van der Waals surface area contributed by atoms with Gasteiger partial charge in [-0.1, -0.05) is 0 Å². The normalized spacial score (nSPS) is 17.2. The summed E-state index contributed by atoms with van der Waals surface area (Å²) >= 11 is 0. The fourth-order valence-corrected chi connectivity index (χ4v) is 4.25. The minimum absolute atomic E-state index is 0.493. The Balaban J connectivity index is 1.47. The number of pyridine rings is 2. The predicted molar refractivity (Wildman–Crippen MR) is 126 cm³/mol. The van der Waals surface area contributed by atoms with Crippen LogP contribution in [0.15, 0.2) is 55.1 Å². The molecule has 1 aliphatic heterocycles. The van der Waals surface area contributed by atoms with Crippen molar-refractivity contribution in [2.75, 3.05) is 31.6 Å². The van der Waals surface area contributed by atoms with Crippen LogP contribution in [0.4, 0.5) is 5.82 Å². The number of piperazine rings is 1. The lowest BCUT2D eigenvalue weighted by molar-refractivity contribution is 0.233. The van der Waals surface area contributed by atoms with Crippen LogP contribution in [0.25, 0.3) is 5.65 Å². The number of nitrogens with zero attached hydrogens (tertiary/aromatic N) is 7. The molecule has 0 saturated carbocycles. The Morgan fingerprint density at radius 2 is 1.84 bits per heavy atom. The molecule has 1 aliphatic rings. The Hall–Kier alpha value is -3.32. The largest absolute Gasteiger partial charge is 0.354 e. The highest BCUT2D eigenvalue weighted by Gasteiger charge is 2.22. The lowest BCUT2D eigenvalue weighted by atomic mass is 10.1. The lowest BCUT2D eigenvalue weighted by Crippen LogP contribution is -2.50. The van der Waals surface area contributed by atoms with Crippen molar-refractivity contribution >= 4 is 11.5 Å². The van der Waals surface area contributed by atoms with Gasteiger partial charge < -0.3 is 14.2 Å². The molecule has 164 valence electrons. The number of hydrogen-bond acceptors (Lipinski definition) is 6. The van der Waals surface area contributed by atoms with E-state index in [2.05, 4.69) is 71.1 Å². The van der Waals surface area contributed by atoms with Gasteiger partial charge in [-0.3, -0.25) is 4.98 Å². The average Bonchev–Trinajstić information content (AvgIpc) is 3.23. The molecule has 0 amide bonds. The summed E-state index contributed by atoms with van der Waals surface area (Å²) in [5.41, 5.74) is 5.37. The SMILES string of the molecule is Cc1ccnc(Cc2nc(Cc3ccn4ccnc4c3)cc(N3CCN(C)[C@@H](C)C3)n2)c1. The summed E-state index contributed by atoms with van der Waals surface area (Å²) in [6, 6.07) is 11.0. The van der Waals surface area contributed by atoms with E-state index in [1.807, 2.05) is 29.1 Å². The van der Waals surface area contributed by atoms with E-state index in [4.69, 9.17) is 9.97 Å². The Morgan fingerprint density at radius 1 is 0.938 bits per heavy atom. The standard InChI is InChI=1S/C25H29N7/c1-18-4-6-26-21(12-18)15-23-28-22(13-20-5-8-31-9-7-27-24(31)14-20)16-25(29-23)32-11-10-30(3)19(2)17-32/h4-9,12,14,16,19H,10-11,13,15,17H2,1-3H3/t19-/m0/s1. The van der Waals surface area contributed by atoms with Crippen LogP contribution >= 0.6 is 0 Å². The molecular weight excluding hydrogens is 398 g/mol. The van der Waals surface area contributed by atoms with E-state index in [1.165, 1.54) is 11.1 Å². The molecule has 0 radical (unpaired) electrons. The summed E-state index contributed by atoms with van der Waals surface area (Å²) in [5, 5.41) is 0. The molecule has 1 atom stereocenters. The van der Waals surface area contributed by atoms with Crippen molar-refractivity contribution in [3.63, 3.8) is 0 Å². The van der Waals surface area contributed by atoms with Crippen molar-refractivity contribution in [2.45, 2.75) is 32.7 Å². The average molecular weight is 428 g/mol. The molecule has 0 unspecified atom stereocenters. The molecule has 5 rings (SSSR count). The van der Waals surface area contributed by atoms with Crippen LogP contribution < -0.4 is 4.90 Å². The van der Waals surface area contributed by atoms with Crippen molar-refractivity contribution in [3.05, 3.63) is 83.5 Å². The van der Waals surface area contributed by atoms with Crippen molar-refractivity contribution in [1.82, 2.24) is 29.2 Å². The molecule has 32 heavy (non-hydrogen) atoms. The number of likely N-dealkylation sites (N-methyl/N-ethyl adjacent to an activating group) is 1. The summed E-state index contributed by atoms with van der Waals surface area (Å²) in [5.74, 6) is 1.84. The zero-order chi connectivity index (χ0) is 22.1. The molecule has 0 bridgehead atoms. The maximum Gasteiger partial charge on any atom is 0.136 e. The highest BCUT2D eigenvalue weighted by Crippen LogP contribution is 2.20. The first-order valence-corrected chi connectivity index (χ1v) is 11.2. The minimum Gasteiger partial charge on any atom is -0.354 e. The van der Waals surface area contributed by atoms with Gasteiger partial charge in [0.05, 0.1) is 12.1 Å².